The summed E-state index contributed by atoms with van der Waals surface area (Å²) < 4.78 is 7.41. The standard InChI is InChI=1S/C16H27IO/c1-5-6-7-8-9-15(17)14-10-11-18-16(14,4)12-13(2)3/h8-9,13H,5-7,10-12H2,1-4H3/b9-8+,15-14-. The van der Waals surface area contributed by atoms with E-state index in [1.807, 2.05) is 0 Å². The van der Waals surface area contributed by atoms with Gasteiger partial charge in [0.05, 0.1) is 12.2 Å². The Balaban J connectivity index is 2.74. The fraction of sp³-hybridized carbons (Fsp3) is 0.750. The molecule has 0 bridgehead atoms. The first-order valence-corrected chi connectivity index (χ1v) is 8.27. The lowest BCUT2D eigenvalue weighted by molar-refractivity contribution is 0.0234. The van der Waals surface area contributed by atoms with E-state index in [9.17, 15) is 0 Å². The summed E-state index contributed by atoms with van der Waals surface area (Å²) in [6.45, 7) is 9.92. The van der Waals surface area contributed by atoms with Gasteiger partial charge in [-0.2, -0.15) is 0 Å². The summed E-state index contributed by atoms with van der Waals surface area (Å²) in [5.41, 5.74) is 1.48. The highest BCUT2D eigenvalue weighted by Crippen LogP contribution is 2.40. The summed E-state index contributed by atoms with van der Waals surface area (Å²) >= 11 is 2.48. The molecule has 0 aromatic rings. The van der Waals surface area contributed by atoms with Crippen molar-refractivity contribution in [1.82, 2.24) is 0 Å². The van der Waals surface area contributed by atoms with E-state index < -0.39 is 0 Å². The lowest BCUT2D eigenvalue weighted by Crippen LogP contribution is -2.27. The van der Waals surface area contributed by atoms with Gasteiger partial charge in [0.15, 0.2) is 0 Å². The van der Waals surface area contributed by atoms with E-state index in [1.165, 1.54) is 28.4 Å². The molecule has 1 unspecified atom stereocenters. The van der Waals surface area contributed by atoms with Crippen LogP contribution in [0, 0.1) is 5.92 Å². The van der Waals surface area contributed by atoms with Crippen molar-refractivity contribution in [2.45, 2.75) is 65.4 Å². The van der Waals surface area contributed by atoms with Gasteiger partial charge in [0.1, 0.15) is 0 Å². The molecular formula is C16H27IO. The average molecular weight is 362 g/mol. The molecule has 0 saturated carbocycles. The molecule has 0 spiro atoms. The Kier molecular flexibility index (Phi) is 6.93. The summed E-state index contributed by atoms with van der Waals surface area (Å²) in [7, 11) is 0. The minimum absolute atomic E-state index is 0.0280. The molecule has 0 amide bonds. The number of halogens is 1. The Morgan fingerprint density at radius 3 is 2.83 bits per heavy atom. The fourth-order valence-electron chi connectivity index (χ4n) is 2.67. The van der Waals surface area contributed by atoms with Gasteiger partial charge in [-0.1, -0.05) is 45.8 Å². The topological polar surface area (TPSA) is 9.23 Å². The van der Waals surface area contributed by atoms with Gasteiger partial charge in [-0.3, -0.25) is 0 Å². The van der Waals surface area contributed by atoms with Crippen molar-refractivity contribution in [2.75, 3.05) is 6.61 Å². The molecule has 0 aromatic carbocycles. The lowest BCUT2D eigenvalue weighted by Gasteiger charge is -2.28. The maximum absolute atomic E-state index is 6.02. The fourth-order valence-corrected chi connectivity index (χ4v) is 3.77. The van der Waals surface area contributed by atoms with Crippen molar-refractivity contribution < 1.29 is 4.74 Å². The number of allylic oxidation sites excluding steroid dienone is 3. The van der Waals surface area contributed by atoms with Gasteiger partial charge < -0.3 is 4.74 Å². The van der Waals surface area contributed by atoms with Crippen molar-refractivity contribution in [3.8, 4) is 0 Å². The zero-order chi connectivity index (χ0) is 13.6. The van der Waals surface area contributed by atoms with E-state index in [4.69, 9.17) is 4.74 Å². The van der Waals surface area contributed by atoms with Crippen LogP contribution in [0.25, 0.3) is 0 Å². The molecule has 1 rings (SSSR count). The maximum atomic E-state index is 6.02. The summed E-state index contributed by atoms with van der Waals surface area (Å²) in [5.74, 6) is 0.677. The summed E-state index contributed by atoms with van der Waals surface area (Å²) in [6.07, 6.45) is 10.6. The molecule has 0 aromatic heterocycles. The van der Waals surface area contributed by atoms with Crippen molar-refractivity contribution in [2.24, 2.45) is 5.92 Å². The molecule has 2 heteroatoms. The third kappa shape index (κ3) is 4.69. The lowest BCUT2D eigenvalue weighted by atomic mass is 9.87. The molecule has 0 radical (unpaired) electrons. The van der Waals surface area contributed by atoms with Gasteiger partial charge in [-0.05, 0) is 60.3 Å². The summed E-state index contributed by atoms with van der Waals surface area (Å²) in [4.78, 5) is 0. The predicted molar refractivity (Wildman–Crippen MR) is 88.1 cm³/mol. The summed E-state index contributed by atoms with van der Waals surface area (Å²) in [5, 5.41) is 0. The highest BCUT2D eigenvalue weighted by molar-refractivity contribution is 14.1. The van der Waals surface area contributed by atoms with Crippen LogP contribution in [0.15, 0.2) is 21.3 Å². The summed E-state index contributed by atoms with van der Waals surface area (Å²) in [6, 6.07) is 0. The van der Waals surface area contributed by atoms with Crippen LogP contribution in [0.4, 0.5) is 0 Å². The number of hydrogen-bond donors (Lipinski definition) is 0. The molecular weight excluding hydrogens is 335 g/mol. The van der Waals surface area contributed by atoms with Gasteiger partial charge in [0, 0.05) is 3.58 Å². The first kappa shape index (κ1) is 16.2. The normalized spacial score (nSPS) is 27.4. The Morgan fingerprint density at radius 2 is 2.22 bits per heavy atom. The zero-order valence-corrected chi connectivity index (χ0v) is 14.4. The van der Waals surface area contributed by atoms with E-state index in [0.717, 1.165) is 19.4 Å². The molecule has 1 heterocycles. The smallest absolute Gasteiger partial charge is 0.0880 e. The van der Waals surface area contributed by atoms with Crippen molar-refractivity contribution >= 4 is 22.6 Å². The first-order valence-electron chi connectivity index (χ1n) is 7.19. The Hall–Kier alpha value is 0.170. The quantitative estimate of drug-likeness (QED) is 0.438. The van der Waals surface area contributed by atoms with Crippen molar-refractivity contribution in [1.29, 1.82) is 0 Å². The van der Waals surface area contributed by atoms with Crippen LogP contribution in [0.3, 0.4) is 0 Å². The van der Waals surface area contributed by atoms with E-state index in [2.05, 4.69) is 62.4 Å². The van der Waals surface area contributed by atoms with E-state index in [-0.39, 0.29) is 5.60 Å². The average Bonchev–Trinajstić information content (AvgIpc) is 2.65. The highest BCUT2D eigenvalue weighted by Gasteiger charge is 2.36. The van der Waals surface area contributed by atoms with Crippen LogP contribution < -0.4 is 0 Å². The number of hydrogen-bond acceptors (Lipinski definition) is 1. The minimum atomic E-state index is -0.0280. The number of rotatable bonds is 6. The van der Waals surface area contributed by atoms with Crippen molar-refractivity contribution in [3.05, 3.63) is 21.3 Å². The van der Waals surface area contributed by atoms with Crippen LogP contribution in [0.5, 0.6) is 0 Å². The second kappa shape index (κ2) is 7.68. The van der Waals surface area contributed by atoms with Crippen LogP contribution in [0.1, 0.15) is 59.8 Å². The molecule has 1 saturated heterocycles. The van der Waals surface area contributed by atoms with Crippen LogP contribution >= 0.6 is 22.6 Å². The van der Waals surface area contributed by atoms with E-state index in [1.54, 1.807) is 0 Å². The van der Waals surface area contributed by atoms with Gasteiger partial charge in [-0.25, -0.2) is 0 Å². The van der Waals surface area contributed by atoms with Crippen LogP contribution in [-0.4, -0.2) is 12.2 Å². The highest BCUT2D eigenvalue weighted by atomic mass is 127. The maximum Gasteiger partial charge on any atom is 0.0880 e. The Morgan fingerprint density at radius 1 is 1.50 bits per heavy atom. The zero-order valence-electron chi connectivity index (χ0n) is 12.3. The largest absolute Gasteiger partial charge is 0.371 e. The monoisotopic (exact) mass is 362 g/mol. The molecule has 0 aliphatic carbocycles. The molecule has 0 N–H and O–H groups in total. The van der Waals surface area contributed by atoms with Gasteiger partial charge in [0.2, 0.25) is 0 Å². The second-order valence-electron chi connectivity index (χ2n) is 5.80. The first-order chi connectivity index (χ1) is 8.49. The minimum Gasteiger partial charge on any atom is -0.371 e. The number of unbranched alkanes of at least 4 members (excludes halogenated alkanes) is 2. The second-order valence-corrected chi connectivity index (χ2v) is 6.96. The predicted octanol–water partition coefficient (Wildman–Crippen LogP) is 5.65. The molecule has 104 valence electrons. The molecule has 1 aliphatic rings. The molecule has 1 atom stereocenters. The van der Waals surface area contributed by atoms with Gasteiger partial charge in [-0.15, -0.1) is 0 Å². The van der Waals surface area contributed by atoms with Crippen molar-refractivity contribution in [3.63, 3.8) is 0 Å². The SMILES string of the molecule is CCCC/C=C/C(I)=C1\CCOC1(C)CC(C)C. The van der Waals surface area contributed by atoms with E-state index >= 15 is 0 Å². The Labute approximate surface area is 126 Å². The van der Waals surface area contributed by atoms with Crippen LogP contribution in [0.2, 0.25) is 0 Å². The van der Waals surface area contributed by atoms with Gasteiger partial charge >= 0.3 is 0 Å². The molecule has 18 heavy (non-hydrogen) atoms. The number of ether oxygens (including phenoxy) is 1. The third-order valence-electron chi connectivity index (χ3n) is 3.49. The molecule has 1 nitrogen and oxygen atoms in total. The molecule has 1 aliphatic heterocycles. The van der Waals surface area contributed by atoms with E-state index in [0.29, 0.717) is 5.92 Å². The van der Waals surface area contributed by atoms with Crippen LogP contribution in [-0.2, 0) is 4.74 Å². The Bertz CT molecular complexity index is 317. The molecule has 1 fully saturated rings. The third-order valence-corrected chi connectivity index (χ3v) is 4.50. The van der Waals surface area contributed by atoms with Gasteiger partial charge in [0.25, 0.3) is 0 Å².